The summed E-state index contributed by atoms with van der Waals surface area (Å²) in [5.74, 6) is 0. The molecule has 34 heavy (non-hydrogen) atoms. The van der Waals surface area contributed by atoms with Gasteiger partial charge in [-0.1, -0.05) is 72.8 Å². The van der Waals surface area contributed by atoms with Gasteiger partial charge in [0.1, 0.15) is 11.2 Å². The van der Waals surface area contributed by atoms with Gasteiger partial charge in [-0.2, -0.15) is 5.26 Å². The number of aromatic nitrogens is 1. The van der Waals surface area contributed by atoms with Gasteiger partial charge in [-0.25, -0.2) is 0 Å². The summed E-state index contributed by atoms with van der Waals surface area (Å²) in [6.07, 6.45) is 0. The number of nitriles is 1. The number of hydrogen-bond donors (Lipinski definition) is 0. The molecule has 7 rings (SSSR count). The first-order chi connectivity index (χ1) is 16.8. The zero-order chi connectivity index (χ0) is 22.6. The van der Waals surface area contributed by atoms with Gasteiger partial charge in [0, 0.05) is 27.1 Å². The van der Waals surface area contributed by atoms with Gasteiger partial charge in [-0.15, -0.1) is 0 Å². The molecule has 0 aliphatic carbocycles. The number of furan rings is 1. The molecule has 0 bridgehead atoms. The predicted molar refractivity (Wildman–Crippen MR) is 138 cm³/mol. The van der Waals surface area contributed by atoms with Crippen LogP contribution in [-0.4, -0.2) is 4.57 Å². The fraction of sp³-hybridized carbons (Fsp3) is 0. The molecule has 0 radical (unpaired) electrons. The summed E-state index contributed by atoms with van der Waals surface area (Å²) in [7, 11) is 0. The van der Waals surface area contributed by atoms with Crippen molar-refractivity contribution >= 4 is 43.7 Å². The van der Waals surface area contributed by atoms with Crippen molar-refractivity contribution in [2.45, 2.75) is 0 Å². The number of hydrogen-bond acceptors (Lipinski definition) is 2. The van der Waals surface area contributed by atoms with Crippen LogP contribution in [0.1, 0.15) is 5.56 Å². The van der Waals surface area contributed by atoms with Crippen LogP contribution in [0.15, 0.2) is 114 Å². The summed E-state index contributed by atoms with van der Waals surface area (Å²) in [4.78, 5) is 0. The zero-order valence-corrected chi connectivity index (χ0v) is 18.2. The quantitative estimate of drug-likeness (QED) is 0.275. The Hall–Kier alpha value is -4.81. The van der Waals surface area contributed by atoms with Crippen molar-refractivity contribution < 1.29 is 4.42 Å². The SMILES string of the molecule is N#Cc1cccc(-n2c3ccccc3c3ccccc32)c1-c1cccc2oc3ccccc3c12. The highest BCUT2D eigenvalue weighted by molar-refractivity contribution is 6.15. The highest BCUT2D eigenvalue weighted by atomic mass is 16.3. The van der Waals surface area contributed by atoms with E-state index in [0.29, 0.717) is 5.56 Å². The second-order valence-electron chi connectivity index (χ2n) is 8.46. The minimum absolute atomic E-state index is 0.636. The zero-order valence-electron chi connectivity index (χ0n) is 18.2. The Labute approximate surface area is 195 Å². The first kappa shape index (κ1) is 18.7. The molecule has 0 saturated carbocycles. The minimum Gasteiger partial charge on any atom is -0.456 e. The van der Waals surface area contributed by atoms with Crippen molar-refractivity contribution in [1.82, 2.24) is 4.57 Å². The Bertz CT molecular complexity index is 1880. The van der Waals surface area contributed by atoms with Crippen molar-refractivity contribution in [3.05, 3.63) is 115 Å². The third-order valence-electron chi connectivity index (χ3n) is 6.66. The highest BCUT2D eigenvalue weighted by Crippen LogP contribution is 2.42. The van der Waals surface area contributed by atoms with Crippen LogP contribution in [0.5, 0.6) is 0 Å². The fourth-order valence-corrected chi connectivity index (χ4v) is 5.27. The largest absolute Gasteiger partial charge is 0.456 e. The Morgan fingerprint density at radius 2 is 1.21 bits per heavy atom. The van der Waals surface area contributed by atoms with E-state index in [1.165, 1.54) is 10.8 Å². The van der Waals surface area contributed by atoms with E-state index in [-0.39, 0.29) is 0 Å². The molecule has 158 valence electrons. The summed E-state index contributed by atoms with van der Waals surface area (Å²) in [5, 5.41) is 14.6. The van der Waals surface area contributed by atoms with Gasteiger partial charge in [0.15, 0.2) is 0 Å². The van der Waals surface area contributed by atoms with E-state index in [9.17, 15) is 5.26 Å². The van der Waals surface area contributed by atoms with Gasteiger partial charge in [0.05, 0.1) is 28.4 Å². The minimum atomic E-state index is 0.636. The number of nitrogens with zero attached hydrogens (tertiary/aromatic N) is 2. The van der Waals surface area contributed by atoms with Gasteiger partial charge < -0.3 is 8.98 Å². The van der Waals surface area contributed by atoms with Gasteiger partial charge in [0.25, 0.3) is 0 Å². The average Bonchev–Trinajstić information content (AvgIpc) is 3.44. The Kier molecular flexibility index (Phi) is 3.91. The van der Waals surface area contributed by atoms with Crippen LogP contribution in [0.2, 0.25) is 0 Å². The van der Waals surface area contributed by atoms with Crippen LogP contribution in [0.3, 0.4) is 0 Å². The molecular formula is C31H18N2O. The average molecular weight is 434 g/mol. The fourth-order valence-electron chi connectivity index (χ4n) is 5.27. The third-order valence-corrected chi connectivity index (χ3v) is 6.66. The molecule has 5 aromatic carbocycles. The maximum Gasteiger partial charge on any atom is 0.136 e. The maximum atomic E-state index is 10.2. The van der Waals surface area contributed by atoms with E-state index >= 15 is 0 Å². The lowest BCUT2D eigenvalue weighted by molar-refractivity contribution is 0.669. The van der Waals surface area contributed by atoms with Gasteiger partial charge >= 0.3 is 0 Å². The number of rotatable bonds is 2. The highest BCUT2D eigenvalue weighted by Gasteiger charge is 2.21. The van der Waals surface area contributed by atoms with Crippen LogP contribution in [0.25, 0.3) is 60.6 Å². The third kappa shape index (κ3) is 2.51. The van der Waals surface area contributed by atoms with Crippen molar-refractivity contribution in [3.8, 4) is 22.9 Å². The van der Waals surface area contributed by atoms with Gasteiger partial charge in [0.2, 0.25) is 0 Å². The molecular weight excluding hydrogens is 416 g/mol. The number of benzene rings is 5. The second-order valence-corrected chi connectivity index (χ2v) is 8.46. The summed E-state index contributed by atoms with van der Waals surface area (Å²) >= 11 is 0. The van der Waals surface area contributed by atoms with E-state index in [1.807, 2.05) is 42.5 Å². The van der Waals surface area contributed by atoms with Gasteiger partial charge in [-0.05, 0) is 42.0 Å². The smallest absolute Gasteiger partial charge is 0.136 e. The summed E-state index contributed by atoms with van der Waals surface area (Å²) in [6.45, 7) is 0. The van der Waals surface area contributed by atoms with Crippen molar-refractivity contribution in [2.24, 2.45) is 0 Å². The molecule has 0 aliphatic rings. The molecule has 0 N–H and O–H groups in total. The number of fused-ring (bicyclic) bond motifs is 6. The lowest BCUT2D eigenvalue weighted by Gasteiger charge is -2.16. The first-order valence-electron chi connectivity index (χ1n) is 11.3. The molecule has 0 amide bonds. The lowest BCUT2D eigenvalue weighted by Crippen LogP contribution is -1.99. The van der Waals surface area contributed by atoms with Crippen LogP contribution >= 0.6 is 0 Å². The Balaban J connectivity index is 1.67. The molecule has 0 spiro atoms. The molecule has 0 unspecified atom stereocenters. The lowest BCUT2D eigenvalue weighted by atomic mass is 9.94. The second kappa shape index (κ2) is 7.10. The molecule has 0 fully saturated rings. The molecule has 0 atom stereocenters. The molecule has 3 heteroatoms. The molecule has 0 saturated heterocycles. The van der Waals surface area contributed by atoms with Crippen molar-refractivity contribution in [1.29, 1.82) is 5.26 Å². The van der Waals surface area contributed by atoms with Crippen molar-refractivity contribution in [3.63, 3.8) is 0 Å². The van der Waals surface area contributed by atoms with Crippen LogP contribution in [0.4, 0.5) is 0 Å². The number of para-hydroxylation sites is 3. The normalized spacial score (nSPS) is 11.5. The predicted octanol–water partition coefficient (Wildman–Crippen LogP) is 8.22. The monoisotopic (exact) mass is 434 g/mol. The van der Waals surface area contributed by atoms with E-state index in [0.717, 1.165) is 49.8 Å². The summed E-state index contributed by atoms with van der Waals surface area (Å²) in [5.41, 5.74) is 7.42. The van der Waals surface area contributed by atoms with Crippen molar-refractivity contribution in [2.75, 3.05) is 0 Å². The first-order valence-corrected chi connectivity index (χ1v) is 11.3. The summed E-state index contributed by atoms with van der Waals surface area (Å²) in [6, 6.07) is 39.5. The Morgan fingerprint density at radius 3 is 1.94 bits per heavy atom. The summed E-state index contributed by atoms with van der Waals surface area (Å²) < 4.78 is 8.45. The maximum absolute atomic E-state index is 10.2. The molecule has 2 aromatic heterocycles. The van der Waals surface area contributed by atoms with E-state index in [2.05, 4.69) is 77.4 Å². The topological polar surface area (TPSA) is 41.9 Å². The van der Waals surface area contributed by atoms with Crippen LogP contribution in [0, 0.1) is 11.3 Å². The molecule has 3 nitrogen and oxygen atoms in total. The van der Waals surface area contributed by atoms with E-state index < -0.39 is 0 Å². The van der Waals surface area contributed by atoms with Crippen LogP contribution in [-0.2, 0) is 0 Å². The molecule has 0 aliphatic heterocycles. The van der Waals surface area contributed by atoms with E-state index in [1.54, 1.807) is 0 Å². The van der Waals surface area contributed by atoms with Gasteiger partial charge in [-0.3, -0.25) is 0 Å². The standard InChI is InChI=1S/C31H18N2O/c32-19-20-9-7-16-27(33-25-14-4-1-10-21(25)22-11-2-5-15-26(22)33)30(20)24-13-8-18-29-31(24)23-12-3-6-17-28(23)34-29/h1-18H. The Morgan fingerprint density at radius 1 is 0.588 bits per heavy atom. The van der Waals surface area contributed by atoms with Crippen LogP contribution < -0.4 is 0 Å². The molecule has 7 aromatic rings. The van der Waals surface area contributed by atoms with E-state index in [4.69, 9.17) is 4.42 Å². The molecule has 2 heterocycles.